The molecule has 1 atom stereocenters. The van der Waals surface area contributed by atoms with Gasteiger partial charge in [-0.2, -0.15) is 0 Å². The second kappa shape index (κ2) is 5.03. The van der Waals surface area contributed by atoms with Gasteiger partial charge in [0.25, 0.3) is 0 Å². The molecular formula is C11H15N3S2. The second-order valence-corrected chi connectivity index (χ2v) is 5.47. The van der Waals surface area contributed by atoms with E-state index >= 15 is 0 Å². The van der Waals surface area contributed by atoms with Gasteiger partial charge in [-0.1, -0.05) is 6.92 Å². The van der Waals surface area contributed by atoms with E-state index in [-0.39, 0.29) is 5.54 Å². The lowest BCUT2D eigenvalue weighted by Gasteiger charge is -2.27. The lowest BCUT2D eigenvalue weighted by molar-refractivity contribution is 0.348. The van der Waals surface area contributed by atoms with Crippen LogP contribution in [0.5, 0.6) is 0 Å². The maximum atomic E-state index is 4.40. The lowest BCUT2D eigenvalue weighted by atomic mass is 10.00. The highest BCUT2D eigenvalue weighted by molar-refractivity contribution is 7.09. The van der Waals surface area contributed by atoms with Crippen molar-refractivity contribution < 1.29 is 0 Å². The van der Waals surface area contributed by atoms with Crippen LogP contribution in [0.15, 0.2) is 22.5 Å². The molecule has 86 valence electrons. The highest BCUT2D eigenvalue weighted by Gasteiger charge is 2.26. The zero-order chi connectivity index (χ0) is 11.4. The molecule has 0 bridgehead atoms. The van der Waals surface area contributed by atoms with Gasteiger partial charge in [0.05, 0.1) is 16.7 Å². The summed E-state index contributed by atoms with van der Waals surface area (Å²) in [4.78, 5) is 8.67. The van der Waals surface area contributed by atoms with E-state index in [0.717, 1.165) is 23.7 Å². The van der Waals surface area contributed by atoms with Gasteiger partial charge in [0.2, 0.25) is 0 Å². The summed E-state index contributed by atoms with van der Waals surface area (Å²) in [5.74, 6) is 0. The first-order valence-corrected chi connectivity index (χ1v) is 7.09. The largest absolute Gasteiger partial charge is 0.300 e. The summed E-state index contributed by atoms with van der Waals surface area (Å²) >= 11 is 3.33. The average molecular weight is 253 g/mol. The van der Waals surface area contributed by atoms with Crippen molar-refractivity contribution in [3.8, 4) is 0 Å². The minimum Gasteiger partial charge on any atom is -0.300 e. The predicted molar refractivity (Wildman–Crippen MR) is 68.7 cm³/mol. The van der Waals surface area contributed by atoms with E-state index in [1.54, 1.807) is 22.7 Å². The van der Waals surface area contributed by atoms with Gasteiger partial charge in [-0.15, -0.1) is 22.7 Å². The molecule has 0 spiro atoms. The van der Waals surface area contributed by atoms with Gasteiger partial charge in [-0.3, -0.25) is 5.32 Å². The Morgan fingerprint density at radius 3 is 2.88 bits per heavy atom. The van der Waals surface area contributed by atoms with Crippen LogP contribution in [0, 0.1) is 0 Å². The van der Waals surface area contributed by atoms with E-state index < -0.39 is 0 Å². The number of nitrogens with zero attached hydrogens (tertiary/aromatic N) is 2. The SMILES string of the molecule is CCC(C)(NCc1cscn1)c1nccs1. The van der Waals surface area contributed by atoms with Gasteiger partial charge in [0, 0.05) is 23.5 Å². The van der Waals surface area contributed by atoms with Crippen molar-refractivity contribution >= 4 is 22.7 Å². The molecule has 16 heavy (non-hydrogen) atoms. The Balaban J connectivity index is 2.05. The van der Waals surface area contributed by atoms with Crippen molar-refractivity contribution in [1.82, 2.24) is 15.3 Å². The normalized spacial score (nSPS) is 14.9. The standard InChI is InChI=1S/C11H15N3S2/c1-3-11(2,10-12-4-5-16-10)14-6-9-7-15-8-13-9/h4-5,7-8,14H,3,6H2,1-2H3. The number of hydrogen-bond donors (Lipinski definition) is 1. The first-order chi connectivity index (χ1) is 7.74. The monoisotopic (exact) mass is 253 g/mol. The van der Waals surface area contributed by atoms with E-state index in [9.17, 15) is 0 Å². The Bertz CT molecular complexity index is 410. The van der Waals surface area contributed by atoms with Crippen molar-refractivity contribution in [1.29, 1.82) is 0 Å². The summed E-state index contributed by atoms with van der Waals surface area (Å²) in [6.07, 6.45) is 2.88. The van der Waals surface area contributed by atoms with Crippen LogP contribution in [0.4, 0.5) is 0 Å². The van der Waals surface area contributed by atoms with Gasteiger partial charge in [-0.05, 0) is 13.3 Å². The molecule has 2 aromatic rings. The fraction of sp³-hybridized carbons (Fsp3) is 0.455. The summed E-state index contributed by atoms with van der Waals surface area (Å²) in [5, 5.41) is 8.78. The molecular weight excluding hydrogens is 238 g/mol. The number of aromatic nitrogens is 2. The summed E-state index contributed by atoms with van der Waals surface area (Å²) < 4.78 is 0. The number of hydrogen-bond acceptors (Lipinski definition) is 5. The second-order valence-electron chi connectivity index (χ2n) is 3.86. The summed E-state index contributed by atoms with van der Waals surface area (Å²) in [5.41, 5.74) is 2.92. The molecule has 0 aliphatic carbocycles. The van der Waals surface area contributed by atoms with Crippen molar-refractivity contribution in [2.75, 3.05) is 0 Å². The number of rotatable bonds is 5. The van der Waals surface area contributed by atoms with Crippen molar-refractivity contribution in [3.63, 3.8) is 0 Å². The molecule has 0 saturated carbocycles. The topological polar surface area (TPSA) is 37.8 Å². The van der Waals surface area contributed by atoms with Crippen LogP contribution in [0.2, 0.25) is 0 Å². The summed E-state index contributed by atoms with van der Waals surface area (Å²) in [6.45, 7) is 5.17. The molecule has 2 heterocycles. The molecule has 1 N–H and O–H groups in total. The van der Waals surface area contributed by atoms with Crippen LogP contribution < -0.4 is 5.32 Å². The van der Waals surface area contributed by atoms with Crippen molar-refractivity contribution in [3.05, 3.63) is 33.2 Å². The Morgan fingerprint density at radius 2 is 2.31 bits per heavy atom. The Morgan fingerprint density at radius 1 is 1.44 bits per heavy atom. The molecule has 2 aromatic heterocycles. The third kappa shape index (κ3) is 2.48. The minimum absolute atomic E-state index is 0.0439. The molecule has 0 aliphatic heterocycles. The Hall–Kier alpha value is -0.780. The zero-order valence-corrected chi connectivity index (χ0v) is 11.1. The van der Waals surface area contributed by atoms with Crippen LogP contribution in [0.1, 0.15) is 31.0 Å². The third-order valence-corrected chi connectivity index (χ3v) is 4.43. The van der Waals surface area contributed by atoms with Gasteiger partial charge in [0.1, 0.15) is 5.01 Å². The average Bonchev–Trinajstić information content (AvgIpc) is 2.98. The maximum Gasteiger partial charge on any atom is 0.112 e. The predicted octanol–water partition coefficient (Wildman–Crippen LogP) is 3.01. The first kappa shape index (κ1) is 11.7. The van der Waals surface area contributed by atoms with Gasteiger partial charge < -0.3 is 0 Å². The quantitative estimate of drug-likeness (QED) is 0.890. The van der Waals surface area contributed by atoms with Gasteiger partial charge in [0.15, 0.2) is 0 Å². The molecule has 0 amide bonds. The highest BCUT2D eigenvalue weighted by atomic mass is 32.1. The fourth-order valence-corrected chi connectivity index (χ4v) is 2.87. The molecule has 0 saturated heterocycles. The number of nitrogens with one attached hydrogen (secondary N) is 1. The molecule has 0 fully saturated rings. The Labute approximate surface area is 104 Å². The lowest BCUT2D eigenvalue weighted by Crippen LogP contribution is -2.38. The molecule has 0 radical (unpaired) electrons. The zero-order valence-electron chi connectivity index (χ0n) is 9.43. The molecule has 0 aromatic carbocycles. The van der Waals surface area contributed by atoms with Gasteiger partial charge >= 0.3 is 0 Å². The van der Waals surface area contributed by atoms with Crippen LogP contribution in [0.3, 0.4) is 0 Å². The van der Waals surface area contributed by atoms with Crippen LogP contribution in [-0.4, -0.2) is 9.97 Å². The molecule has 5 heteroatoms. The molecule has 0 aliphatic rings. The van der Waals surface area contributed by atoms with Crippen molar-refractivity contribution in [2.24, 2.45) is 0 Å². The van der Waals surface area contributed by atoms with E-state index in [2.05, 4.69) is 34.5 Å². The maximum absolute atomic E-state index is 4.40. The van der Waals surface area contributed by atoms with Crippen LogP contribution in [-0.2, 0) is 12.1 Å². The van der Waals surface area contributed by atoms with Gasteiger partial charge in [-0.25, -0.2) is 9.97 Å². The molecule has 2 rings (SSSR count). The Kier molecular flexibility index (Phi) is 3.68. The first-order valence-electron chi connectivity index (χ1n) is 5.26. The molecule has 3 nitrogen and oxygen atoms in total. The minimum atomic E-state index is -0.0439. The van der Waals surface area contributed by atoms with Crippen LogP contribution in [0.25, 0.3) is 0 Å². The highest BCUT2D eigenvalue weighted by Crippen LogP contribution is 2.26. The summed E-state index contributed by atoms with van der Waals surface area (Å²) in [7, 11) is 0. The van der Waals surface area contributed by atoms with Crippen LogP contribution >= 0.6 is 22.7 Å². The molecule has 1 unspecified atom stereocenters. The van der Waals surface area contributed by atoms with E-state index in [1.165, 1.54) is 0 Å². The third-order valence-electron chi connectivity index (χ3n) is 2.75. The smallest absolute Gasteiger partial charge is 0.112 e. The van der Waals surface area contributed by atoms with E-state index in [4.69, 9.17) is 0 Å². The van der Waals surface area contributed by atoms with E-state index in [1.807, 2.05) is 17.1 Å². The number of thiazole rings is 2. The van der Waals surface area contributed by atoms with Crippen molar-refractivity contribution in [2.45, 2.75) is 32.4 Å². The fourth-order valence-electron chi connectivity index (χ4n) is 1.46. The van der Waals surface area contributed by atoms with E-state index in [0.29, 0.717) is 0 Å². The summed E-state index contributed by atoms with van der Waals surface area (Å²) in [6, 6.07) is 0.